The summed E-state index contributed by atoms with van der Waals surface area (Å²) < 4.78 is 39.3. The van der Waals surface area contributed by atoms with Gasteiger partial charge >= 0.3 is 5.97 Å². The number of amides is 1. The average Bonchev–Trinajstić information content (AvgIpc) is 3.01. The molecular weight excluding hydrogens is 414 g/mol. The number of rotatable bonds is 6. The molecule has 1 amide bonds. The summed E-state index contributed by atoms with van der Waals surface area (Å²) in [5.41, 5.74) is 5.02. The van der Waals surface area contributed by atoms with Crippen LogP contribution in [0.25, 0.3) is 10.1 Å². The van der Waals surface area contributed by atoms with E-state index < -0.39 is 29.3 Å². The summed E-state index contributed by atoms with van der Waals surface area (Å²) in [6, 6.07) is 1.55. The van der Waals surface area contributed by atoms with Crippen LogP contribution < -0.4 is 10.5 Å². The molecule has 0 spiro atoms. The molecule has 3 aromatic rings. The van der Waals surface area contributed by atoms with E-state index in [9.17, 15) is 18.4 Å². The highest BCUT2D eigenvalue weighted by molar-refractivity contribution is 7.21. The molecule has 0 radical (unpaired) electrons. The number of halogens is 3. The lowest BCUT2D eigenvalue weighted by Gasteiger charge is -2.11. The minimum Gasteiger partial charge on any atom is -0.483 e. The molecule has 3 rings (SSSR count). The normalized spacial score (nSPS) is 10.9. The van der Waals surface area contributed by atoms with Crippen molar-refractivity contribution in [2.45, 2.75) is 13.5 Å². The number of pyridine rings is 1. The number of esters is 1. The van der Waals surface area contributed by atoms with Gasteiger partial charge in [0.25, 0.3) is 0 Å². The van der Waals surface area contributed by atoms with Gasteiger partial charge in [-0.25, -0.2) is 13.6 Å². The number of aromatic nitrogens is 1. The van der Waals surface area contributed by atoms with E-state index in [-0.39, 0.29) is 28.7 Å². The van der Waals surface area contributed by atoms with Crippen molar-refractivity contribution in [3.05, 3.63) is 57.2 Å². The molecule has 10 heteroatoms. The van der Waals surface area contributed by atoms with Crippen molar-refractivity contribution in [1.29, 1.82) is 0 Å². The largest absolute Gasteiger partial charge is 0.483 e. The van der Waals surface area contributed by atoms with Crippen LogP contribution in [0, 0.1) is 11.6 Å². The second-order valence-electron chi connectivity index (χ2n) is 5.55. The number of fused-ring (bicyclic) bond motifs is 1. The zero-order chi connectivity index (χ0) is 20.4. The molecule has 28 heavy (non-hydrogen) atoms. The molecule has 0 aliphatic carbocycles. The van der Waals surface area contributed by atoms with Crippen LogP contribution in [-0.4, -0.2) is 23.5 Å². The SMILES string of the molecule is CCOC(=O)c1sc2cncc(Cl)c2c1COc1c(F)cc(C(N)=O)cc1F. The van der Waals surface area contributed by atoms with Crippen LogP contribution in [0.15, 0.2) is 24.5 Å². The molecule has 0 saturated heterocycles. The number of carbonyl (C=O) groups is 2. The van der Waals surface area contributed by atoms with E-state index in [4.69, 9.17) is 26.8 Å². The Morgan fingerprint density at radius 1 is 1.25 bits per heavy atom. The number of ether oxygens (including phenoxy) is 2. The Morgan fingerprint density at radius 3 is 2.54 bits per heavy atom. The Bertz CT molecular complexity index is 1060. The fourth-order valence-corrected chi connectivity index (χ4v) is 3.98. The molecule has 0 unspecified atom stereocenters. The van der Waals surface area contributed by atoms with Crippen molar-refractivity contribution < 1.29 is 27.8 Å². The maximum absolute atomic E-state index is 14.2. The van der Waals surface area contributed by atoms with Gasteiger partial charge in [0, 0.05) is 28.9 Å². The fraction of sp³-hybridized carbons (Fsp3) is 0.167. The molecule has 2 aromatic heterocycles. The monoisotopic (exact) mass is 426 g/mol. The molecule has 146 valence electrons. The smallest absolute Gasteiger partial charge is 0.348 e. The molecule has 6 nitrogen and oxygen atoms in total. The van der Waals surface area contributed by atoms with Crippen molar-refractivity contribution >= 4 is 44.9 Å². The Kier molecular flexibility index (Phi) is 5.76. The molecular formula is C18H13ClF2N2O4S. The van der Waals surface area contributed by atoms with E-state index in [0.717, 1.165) is 23.5 Å². The number of benzene rings is 1. The molecule has 0 fully saturated rings. The number of primary amides is 1. The van der Waals surface area contributed by atoms with E-state index >= 15 is 0 Å². The van der Waals surface area contributed by atoms with E-state index in [0.29, 0.717) is 15.6 Å². The Morgan fingerprint density at radius 2 is 1.93 bits per heavy atom. The summed E-state index contributed by atoms with van der Waals surface area (Å²) in [6.45, 7) is 1.44. The van der Waals surface area contributed by atoms with E-state index in [1.54, 1.807) is 6.92 Å². The van der Waals surface area contributed by atoms with Gasteiger partial charge in [0.1, 0.15) is 11.5 Å². The van der Waals surface area contributed by atoms with Gasteiger partial charge in [-0.3, -0.25) is 9.78 Å². The summed E-state index contributed by atoms with van der Waals surface area (Å²) in [4.78, 5) is 27.5. The van der Waals surface area contributed by atoms with Crippen molar-refractivity contribution in [1.82, 2.24) is 4.98 Å². The summed E-state index contributed by atoms with van der Waals surface area (Å²) in [7, 11) is 0. The predicted molar refractivity (Wildman–Crippen MR) is 99.8 cm³/mol. The quantitative estimate of drug-likeness (QED) is 0.599. The third-order valence-corrected chi connectivity index (χ3v) is 5.19. The van der Waals surface area contributed by atoms with Gasteiger partial charge in [-0.15, -0.1) is 11.3 Å². The third-order valence-electron chi connectivity index (χ3n) is 3.76. The van der Waals surface area contributed by atoms with Gasteiger partial charge in [0.05, 0.1) is 16.3 Å². The minimum atomic E-state index is -1.10. The van der Waals surface area contributed by atoms with Crippen molar-refractivity contribution in [2.24, 2.45) is 5.73 Å². The lowest BCUT2D eigenvalue weighted by molar-refractivity contribution is 0.0529. The van der Waals surface area contributed by atoms with Gasteiger partial charge < -0.3 is 15.2 Å². The first-order chi connectivity index (χ1) is 13.3. The van der Waals surface area contributed by atoms with E-state index in [1.807, 2.05) is 0 Å². The Balaban J connectivity index is 2.02. The molecule has 0 saturated carbocycles. The molecule has 0 atom stereocenters. The molecule has 0 bridgehead atoms. The Labute approximate surface area is 166 Å². The first-order valence-corrected chi connectivity index (χ1v) is 9.16. The second kappa shape index (κ2) is 8.07. The van der Waals surface area contributed by atoms with Gasteiger partial charge in [-0.1, -0.05) is 11.6 Å². The standard InChI is InChI=1S/C18H13ClF2N2O4S/c1-2-26-18(25)16-9(14-10(19)5-23-6-13(14)28-16)7-27-15-11(20)3-8(17(22)24)4-12(15)21/h3-6H,2,7H2,1H3,(H2,22,24). The average molecular weight is 427 g/mol. The lowest BCUT2D eigenvalue weighted by Crippen LogP contribution is -2.13. The van der Waals surface area contributed by atoms with Crippen LogP contribution in [-0.2, 0) is 11.3 Å². The Hall–Kier alpha value is -2.78. The van der Waals surface area contributed by atoms with Gasteiger partial charge in [-0.05, 0) is 19.1 Å². The van der Waals surface area contributed by atoms with Crippen LogP contribution in [0.1, 0.15) is 32.5 Å². The minimum absolute atomic E-state index is 0.150. The first kappa shape index (κ1) is 20.0. The maximum Gasteiger partial charge on any atom is 0.348 e. The number of carbonyl (C=O) groups excluding carboxylic acids is 2. The summed E-state index contributed by atoms with van der Waals surface area (Å²) in [5, 5.41) is 0.743. The van der Waals surface area contributed by atoms with Gasteiger partial charge in [0.15, 0.2) is 17.4 Å². The van der Waals surface area contributed by atoms with Crippen LogP contribution in [0.4, 0.5) is 8.78 Å². The molecule has 1 aromatic carbocycles. The molecule has 2 N–H and O–H groups in total. The zero-order valence-electron chi connectivity index (χ0n) is 14.4. The van der Waals surface area contributed by atoms with E-state index in [1.165, 1.54) is 12.4 Å². The molecule has 0 aliphatic heterocycles. The summed E-state index contributed by atoms with van der Waals surface area (Å²) in [6.07, 6.45) is 2.90. The lowest BCUT2D eigenvalue weighted by atomic mass is 10.1. The number of nitrogens with zero attached hydrogens (tertiary/aromatic N) is 1. The van der Waals surface area contributed by atoms with Crippen molar-refractivity contribution in [3.63, 3.8) is 0 Å². The topological polar surface area (TPSA) is 91.5 Å². The van der Waals surface area contributed by atoms with Gasteiger partial charge in [-0.2, -0.15) is 0 Å². The highest BCUT2D eigenvalue weighted by Crippen LogP contribution is 2.37. The second-order valence-corrected chi connectivity index (χ2v) is 7.01. The summed E-state index contributed by atoms with van der Waals surface area (Å²) in [5.74, 6) is -4.48. The summed E-state index contributed by atoms with van der Waals surface area (Å²) >= 11 is 7.28. The number of thiophene rings is 1. The number of hydrogen-bond acceptors (Lipinski definition) is 6. The molecule has 0 aliphatic rings. The zero-order valence-corrected chi connectivity index (χ0v) is 16.0. The predicted octanol–water partition coefficient (Wildman–Crippen LogP) is 4.08. The van der Waals surface area contributed by atoms with Gasteiger partial charge in [0.2, 0.25) is 5.91 Å². The highest BCUT2D eigenvalue weighted by Gasteiger charge is 2.23. The highest BCUT2D eigenvalue weighted by atomic mass is 35.5. The number of nitrogens with two attached hydrogens (primary N) is 1. The van der Waals surface area contributed by atoms with Crippen molar-refractivity contribution in [2.75, 3.05) is 6.61 Å². The maximum atomic E-state index is 14.2. The van der Waals surface area contributed by atoms with Crippen LogP contribution >= 0.6 is 22.9 Å². The fourth-order valence-electron chi connectivity index (χ4n) is 2.56. The van der Waals surface area contributed by atoms with Crippen LogP contribution in [0.2, 0.25) is 5.02 Å². The number of hydrogen-bond donors (Lipinski definition) is 1. The van der Waals surface area contributed by atoms with Crippen molar-refractivity contribution in [3.8, 4) is 5.75 Å². The van der Waals surface area contributed by atoms with Crippen LogP contribution in [0.5, 0.6) is 5.75 Å². The third kappa shape index (κ3) is 3.76. The first-order valence-electron chi connectivity index (χ1n) is 7.97. The molecule has 2 heterocycles. The van der Waals surface area contributed by atoms with Crippen LogP contribution in [0.3, 0.4) is 0 Å². The van der Waals surface area contributed by atoms with E-state index in [2.05, 4.69) is 4.98 Å².